The van der Waals surface area contributed by atoms with E-state index in [2.05, 4.69) is 10.6 Å². The Labute approximate surface area is 153 Å². The van der Waals surface area contributed by atoms with Crippen molar-refractivity contribution in [1.82, 2.24) is 0 Å². The van der Waals surface area contributed by atoms with E-state index < -0.39 is 23.8 Å². The topological polar surface area (TPSA) is 67.4 Å². The number of alkyl halides is 3. The number of carbonyl (C=O) groups is 2. The molecule has 1 atom stereocenters. The number of nitrogens with one attached hydrogen (secondary N) is 2. The molecular formula is C19H17F3N2O3. The number of rotatable bonds is 4. The van der Waals surface area contributed by atoms with Gasteiger partial charge >= 0.3 is 6.18 Å². The van der Waals surface area contributed by atoms with Crippen LogP contribution in [0, 0.1) is 0 Å². The SMILES string of the molecule is O=C(Nc1ccc(C(F)(F)F)cc1)c1ccc(NC(=O)[C@@H]2CCCO2)cc1. The van der Waals surface area contributed by atoms with E-state index >= 15 is 0 Å². The monoisotopic (exact) mass is 378 g/mol. The predicted octanol–water partition coefficient (Wildman–Crippen LogP) is 4.08. The summed E-state index contributed by atoms with van der Waals surface area (Å²) >= 11 is 0. The second kappa shape index (κ2) is 7.79. The van der Waals surface area contributed by atoms with E-state index in [-0.39, 0.29) is 11.6 Å². The van der Waals surface area contributed by atoms with Gasteiger partial charge in [-0.2, -0.15) is 13.2 Å². The molecule has 2 aromatic rings. The zero-order chi connectivity index (χ0) is 19.4. The Morgan fingerprint density at radius 1 is 0.926 bits per heavy atom. The summed E-state index contributed by atoms with van der Waals surface area (Å²) < 4.78 is 42.9. The van der Waals surface area contributed by atoms with Gasteiger partial charge in [0.15, 0.2) is 0 Å². The van der Waals surface area contributed by atoms with Gasteiger partial charge in [-0.05, 0) is 61.4 Å². The number of amides is 2. The number of halogens is 3. The molecule has 2 aromatic carbocycles. The molecule has 8 heteroatoms. The van der Waals surface area contributed by atoms with Crippen molar-refractivity contribution in [3.05, 3.63) is 59.7 Å². The fraction of sp³-hybridized carbons (Fsp3) is 0.263. The molecule has 1 fully saturated rings. The maximum atomic E-state index is 12.5. The molecule has 0 unspecified atom stereocenters. The fourth-order valence-electron chi connectivity index (χ4n) is 2.66. The summed E-state index contributed by atoms with van der Waals surface area (Å²) in [4.78, 5) is 24.2. The van der Waals surface area contributed by atoms with Crippen LogP contribution in [0.4, 0.5) is 24.5 Å². The standard InChI is InChI=1S/C19H17F3N2O3/c20-19(21,22)13-5-9-15(10-6-13)23-17(25)12-3-7-14(8-4-12)24-18(26)16-2-1-11-27-16/h3-10,16H,1-2,11H2,(H,23,25)(H,24,26)/t16-/m0/s1. The summed E-state index contributed by atoms with van der Waals surface area (Å²) in [7, 11) is 0. The highest BCUT2D eigenvalue weighted by Crippen LogP contribution is 2.29. The van der Waals surface area contributed by atoms with Gasteiger partial charge < -0.3 is 15.4 Å². The lowest BCUT2D eigenvalue weighted by atomic mass is 10.1. The minimum atomic E-state index is -4.42. The van der Waals surface area contributed by atoms with Crippen LogP contribution in [-0.2, 0) is 15.7 Å². The first-order valence-corrected chi connectivity index (χ1v) is 8.34. The third kappa shape index (κ3) is 4.85. The Balaban J connectivity index is 1.59. The molecule has 0 saturated carbocycles. The summed E-state index contributed by atoms with van der Waals surface area (Å²) in [5, 5.41) is 5.25. The van der Waals surface area contributed by atoms with Crippen molar-refractivity contribution in [1.29, 1.82) is 0 Å². The van der Waals surface area contributed by atoms with Crippen LogP contribution in [0.1, 0.15) is 28.8 Å². The van der Waals surface area contributed by atoms with Crippen LogP contribution >= 0.6 is 0 Å². The van der Waals surface area contributed by atoms with Gasteiger partial charge in [0.05, 0.1) is 5.56 Å². The summed E-state index contributed by atoms with van der Waals surface area (Å²) in [6.45, 7) is 0.571. The van der Waals surface area contributed by atoms with Gasteiger partial charge in [-0.1, -0.05) is 0 Å². The fourth-order valence-corrected chi connectivity index (χ4v) is 2.66. The van der Waals surface area contributed by atoms with Crippen LogP contribution in [-0.4, -0.2) is 24.5 Å². The first-order chi connectivity index (χ1) is 12.8. The average molecular weight is 378 g/mol. The van der Waals surface area contributed by atoms with Gasteiger partial charge in [-0.25, -0.2) is 0 Å². The summed E-state index contributed by atoms with van der Waals surface area (Å²) in [5.74, 6) is -0.693. The van der Waals surface area contributed by atoms with Crippen molar-refractivity contribution in [3.8, 4) is 0 Å². The van der Waals surface area contributed by atoms with Crippen molar-refractivity contribution < 1.29 is 27.5 Å². The van der Waals surface area contributed by atoms with Crippen LogP contribution in [0.25, 0.3) is 0 Å². The van der Waals surface area contributed by atoms with Gasteiger partial charge in [0.25, 0.3) is 11.8 Å². The molecule has 142 valence electrons. The molecule has 1 heterocycles. The predicted molar refractivity (Wildman–Crippen MR) is 93.4 cm³/mol. The first-order valence-electron chi connectivity index (χ1n) is 8.34. The summed E-state index contributed by atoms with van der Waals surface area (Å²) in [6.07, 6.45) is -3.35. The molecule has 0 radical (unpaired) electrons. The number of hydrogen-bond donors (Lipinski definition) is 2. The minimum Gasteiger partial charge on any atom is -0.368 e. The molecule has 0 aromatic heterocycles. The average Bonchev–Trinajstić information content (AvgIpc) is 3.17. The van der Waals surface area contributed by atoms with Crippen molar-refractivity contribution in [3.63, 3.8) is 0 Å². The van der Waals surface area contributed by atoms with Crippen molar-refractivity contribution in [2.24, 2.45) is 0 Å². The Morgan fingerprint density at radius 3 is 2.07 bits per heavy atom. The van der Waals surface area contributed by atoms with Crippen molar-refractivity contribution >= 4 is 23.2 Å². The highest BCUT2D eigenvalue weighted by atomic mass is 19.4. The van der Waals surface area contributed by atoms with E-state index in [1.807, 2.05) is 0 Å². The minimum absolute atomic E-state index is 0.227. The lowest BCUT2D eigenvalue weighted by Gasteiger charge is -2.11. The second-order valence-corrected chi connectivity index (χ2v) is 6.10. The molecular weight excluding hydrogens is 361 g/mol. The largest absolute Gasteiger partial charge is 0.416 e. The van der Waals surface area contributed by atoms with Gasteiger partial charge in [0.1, 0.15) is 6.10 Å². The van der Waals surface area contributed by atoms with E-state index in [0.717, 1.165) is 18.6 Å². The molecule has 0 aliphatic carbocycles. The molecule has 3 rings (SSSR count). The quantitative estimate of drug-likeness (QED) is 0.843. The Hall–Kier alpha value is -2.87. The number of benzene rings is 2. The number of hydrogen-bond acceptors (Lipinski definition) is 3. The van der Waals surface area contributed by atoms with Gasteiger partial charge in [0, 0.05) is 23.5 Å². The second-order valence-electron chi connectivity index (χ2n) is 6.10. The van der Waals surface area contributed by atoms with Crippen LogP contribution < -0.4 is 10.6 Å². The van der Waals surface area contributed by atoms with E-state index in [1.165, 1.54) is 24.3 Å². The van der Waals surface area contributed by atoms with E-state index in [9.17, 15) is 22.8 Å². The molecule has 1 saturated heterocycles. The lowest BCUT2D eigenvalue weighted by Crippen LogP contribution is -2.26. The molecule has 2 N–H and O–H groups in total. The maximum absolute atomic E-state index is 12.5. The van der Waals surface area contributed by atoms with E-state index in [1.54, 1.807) is 12.1 Å². The smallest absolute Gasteiger partial charge is 0.368 e. The number of anilines is 2. The molecule has 0 bridgehead atoms. The van der Waals surface area contributed by atoms with Crippen LogP contribution in [0.3, 0.4) is 0 Å². The third-order valence-electron chi connectivity index (χ3n) is 4.11. The molecule has 27 heavy (non-hydrogen) atoms. The first kappa shape index (κ1) is 18.9. The normalized spacial score (nSPS) is 16.8. The third-order valence-corrected chi connectivity index (χ3v) is 4.11. The Morgan fingerprint density at radius 2 is 1.52 bits per heavy atom. The molecule has 1 aliphatic rings. The zero-order valence-corrected chi connectivity index (χ0v) is 14.2. The van der Waals surface area contributed by atoms with Gasteiger partial charge in [-0.3, -0.25) is 9.59 Å². The molecule has 0 spiro atoms. The number of ether oxygens (including phenoxy) is 1. The van der Waals surface area contributed by atoms with Crippen molar-refractivity contribution in [2.45, 2.75) is 25.1 Å². The van der Waals surface area contributed by atoms with E-state index in [0.29, 0.717) is 24.3 Å². The Kier molecular flexibility index (Phi) is 5.46. The van der Waals surface area contributed by atoms with Crippen LogP contribution in [0.2, 0.25) is 0 Å². The molecule has 5 nitrogen and oxygen atoms in total. The summed E-state index contributed by atoms with van der Waals surface area (Å²) in [6, 6.07) is 10.4. The highest BCUT2D eigenvalue weighted by molar-refractivity contribution is 6.04. The van der Waals surface area contributed by atoms with Gasteiger partial charge in [0.2, 0.25) is 0 Å². The maximum Gasteiger partial charge on any atom is 0.416 e. The zero-order valence-electron chi connectivity index (χ0n) is 14.2. The van der Waals surface area contributed by atoms with Gasteiger partial charge in [-0.15, -0.1) is 0 Å². The highest BCUT2D eigenvalue weighted by Gasteiger charge is 2.30. The molecule has 1 aliphatic heterocycles. The Bertz CT molecular complexity index is 812. The van der Waals surface area contributed by atoms with Crippen molar-refractivity contribution in [2.75, 3.05) is 17.2 Å². The lowest BCUT2D eigenvalue weighted by molar-refractivity contribution is -0.137. The summed E-state index contributed by atoms with van der Waals surface area (Å²) in [5.41, 5.74) is 0.308. The van der Waals surface area contributed by atoms with Crippen LogP contribution in [0.15, 0.2) is 48.5 Å². The van der Waals surface area contributed by atoms with Crippen LogP contribution in [0.5, 0.6) is 0 Å². The van der Waals surface area contributed by atoms with E-state index in [4.69, 9.17) is 4.74 Å². The number of carbonyl (C=O) groups excluding carboxylic acids is 2. The molecule has 2 amide bonds.